The molecule has 3 saturated carbocycles. The molecule has 0 bridgehead atoms. The normalized spacial score (nSPS) is 44.0. The average molecular weight is 737 g/mol. The van der Waals surface area contributed by atoms with Crippen LogP contribution in [0.5, 0.6) is 0 Å². The molecule has 4 fully saturated rings. The van der Waals surface area contributed by atoms with Crippen LogP contribution in [0.25, 0.3) is 0 Å². The minimum Gasteiger partial charge on any atom is -0.726 e. The first-order chi connectivity index (χ1) is 22.6. The van der Waals surface area contributed by atoms with Gasteiger partial charge in [-0.05, 0) is 98.2 Å². The summed E-state index contributed by atoms with van der Waals surface area (Å²) in [6.07, 6.45) is -3.74. The second kappa shape index (κ2) is 14.1. The summed E-state index contributed by atoms with van der Waals surface area (Å²) in [5, 5.41) is 32.2. The fourth-order valence-electron chi connectivity index (χ4n) is 10.4. The second-order valence-corrected chi connectivity index (χ2v) is 18.1. The third-order valence-electron chi connectivity index (χ3n) is 12.8. The summed E-state index contributed by atoms with van der Waals surface area (Å²) in [7, 11) is -10.2. The van der Waals surface area contributed by atoms with Gasteiger partial charge >= 0.3 is 0 Å². The minimum atomic E-state index is -5.22. The first-order valence-electron chi connectivity index (χ1n) is 17.4. The quantitative estimate of drug-likeness (QED) is 0.157. The highest BCUT2D eigenvalue weighted by Gasteiger charge is 2.61. The number of aliphatic hydroxyl groups excluding tert-OH is 3. The van der Waals surface area contributed by atoms with Gasteiger partial charge in [0.2, 0.25) is 20.8 Å². The Bertz CT molecular complexity index is 1480. The molecule has 14 nitrogen and oxygen atoms in total. The van der Waals surface area contributed by atoms with Crippen LogP contribution in [0.1, 0.15) is 92.9 Å². The van der Waals surface area contributed by atoms with Crippen molar-refractivity contribution in [2.75, 3.05) is 0 Å². The molecule has 0 aromatic carbocycles. The van der Waals surface area contributed by atoms with Gasteiger partial charge in [0.25, 0.3) is 0 Å². The summed E-state index contributed by atoms with van der Waals surface area (Å²) in [6, 6.07) is 0. The van der Waals surface area contributed by atoms with Crippen molar-refractivity contribution in [3.05, 3.63) is 11.6 Å². The molecule has 0 radical (unpaired) electrons. The van der Waals surface area contributed by atoms with Crippen LogP contribution >= 0.6 is 0 Å². The van der Waals surface area contributed by atoms with E-state index in [-0.39, 0.29) is 53.1 Å². The van der Waals surface area contributed by atoms with E-state index in [1.807, 2.05) is 13.8 Å². The van der Waals surface area contributed by atoms with E-state index in [4.69, 9.17) is 13.7 Å². The number of allylic oxidation sites excluding steroid dienone is 2. The van der Waals surface area contributed by atoms with Gasteiger partial charge in [-0.15, -0.1) is 0 Å². The van der Waals surface area contributed by atoms with Crippen molar-refractivity contribution in [1.29, 1.82) is 0 Å². The summed E-state index contributed by atoms with van der Waals surface area (Å²) < 4.78 is 90.3. The molecule has 5 aliphatic rings. The van der Waals surface area contributed by atoms with Gasteiger partial charge in [0, 0.05) is 6.42 Å². The van der Waals surface area contributed by atoms with E-state index >= 15 is 0 Å². The highest BCUT2D eigenvalue weighted by molar-refractivity contribution is 7.81. The monoisotopic (exact) mass is 736 g/mol. The predicted octanol–water partition coefficient (Wildman–Crippen LogP) is 2.33. The first kappa shape index (κ1) is 39.2. The highest BCUT2D eigenvalue weighted by Crippen LogP contribution is 2.67. The summed E-state index contributed by atoms with van der Waals surface area (Å²) in [6.45, 7) is 11.5. The van der Waals surface area contributed by atoms with Crippen LogP contribution < -0.4 is 0 Å². The SMILES string of the molecule is CC(C)C(O)C(=O)C[C@@H](C)[C@H]1CC[C@H]2[C@@H]3C[C@H](O[C@@H]4O[C@H](C)[C@@H](OS(=O)(=O)[O-])[C@H](O)[C@H]4O)[C@H]4C[C@@H](OS(=O)(=O)[O-])CC[C@]4(C)C3=CC[C@]12C. The lowest BCUT2D eigenvalue weighted by atomic mass is 9.47. The number of ketones is 1. The Balaban J connectivity index is 1.43. The third-order valence-corrected chi connectivity index (χ3v) is 13.8. The van der Waals surface area contributed by atoms with E-state index in [1.54, 1.807) is 0 Å². The molecule has 282 valence electrons. The molecule has 1 unspecified atom stereocenters. The van der Waals surface area contributed by atoms with Crippen LogP contribution in [0, 0.1) is 46.3 Å². The minimum absolute atomic E-state index is 0.0321. The molecule has 4 aliphatic carbocycles. The van der Waals surface area contributed by atoms with E-state index in [1.165, 1.54) is 12.5 Å². The van der Waals surface area contributed by atoms with Crippen LogP contribution in [0.2, 0.25) is 0 Å². The lowest BCUT2D eigenvalue weighted by Gasteiger charge is -2.59. The van der Waals surface area contributed by atoms with Crippen molar-refractivity contribution in [3.8, 4) is 0 Å². The van der Waals surface area contributed by atoms with E-state index in [0.717, 1.165) is 19.3 Å². The third kappa shape index (κ3) is 7.85. The maximum absolute atomic E-state index is 12.9. The summed E-state index contributed by atoms with van der Waals surface area (Å²) in [5.74, 6) is -0.161. The molecule has 5 rings (SSSR count). The van der Waals surface area contributed by atoms with Gasteiger partial charge in [-0.2, -0.15) is 0 Å². The molecule has 1 heterocycles. The number of hydrogen-bond donors (Lipinski definition) is 3. The Morgan fingerprint density at radius 2 is 1.65 bits per heavy atom. The van der Waals surface area contributed by atoms with Gasteiger partial charge in [0.15, 0.2) is 12.1 Å². The zero-order valence-corrected chi connectivity index (χ0v) is 30.6. The zero-order chi connectivity index (χ0) is 36.4. The fraction of sp³-hybridized carbons (Fsp3) is 0.909. The summed E-state index contributed by atoms with van der Waals surface area (Å²) in [5.41, 5.74) is 0.603. The Hall–Kier alpha value is -1.05. The van der Waals surface area contributed by atoms with Crippen LogP contribution in [0.15, 0.2) is 11.6 Å². The lowest BCUT2D eigenvalue weighted by Crippen LogP contribution is -2.61. The standard InChI is InChI=1S/C33H54O14S2/c1-16(2)27(35)25(34)13-17(3)21-7-8-22-20-15-26(45-31-29(37)28(36)30(18(4)44-31)47-49(41,42)43)24-14-19(46-48(38,39)40)9-11-33(24,6)23(20)10-12-32(21,22)5/h10,16-22,24,26-31,35-37H,7-9,11-15H2,1-6H3,(H,38,39,40)(H,41,42,43)/p-2/t17-,18-,19+,20+,21-,22+,24-,26+,27?,28-,29-,30-,31+,32-,33-/m1/s1. The molecular weight excluding hydrogens is 684 g/mol. The molecular formula is C33H52O14S2-2. The lowest BCUT2D eigenvalue weighted by molar-refractivity contribution is -0.312. The number of fused-ring (bicyclic) bond motifs is 5. The molecule has 0 spiro atoms. The molecule has 16 heteroatoms. The maximum atomic E-state index is 12.9. The number of Topliss-reactive ketones (excluding diaryl/α,β-unsaturated/α-hetero) is 1. The molecule has 3 N–H and O–H groups in total. The molecule has 0 aromatic rings. The molecule has 0 amide bonds. The van der Waals surface area contributed by atoms with Gasteiger partial charge in [0.05, 0.1) is 18.3 Å². The Labute approximate surface area is 289 Å². The summed E-state index contributed by atoms with van der Waals surface area (Å²) in [4.78, 5) is 12.9. The largest absolute Gasteiger partial charge is 0.726 e. The van der Waals surface area contributed by atoms with Crippen molar-refractivity contribution < 1.29 is 63.9 Å². The van der Waals surface area contributed by atoms with E-state index in [2.05, 4.69) is 31.0 Å². The van der Waals surface area contributed by atoms with E-state index in [9.17, 15) is 46.1 Å². The Morgan fingerprint density at radius 1 is 1.00 bits per heavy atom. The van der Waals surface area contributed by atoms with Crippen molar-refractivity contribution >= 4 is 26.6 Å². The summed E-state index contributed by atoms with van der Waals surface area (Å²) >= 11 is 0. The fourth-order valence-corrected chi connectivity index (χ4v) is 11.4. The average Bonchev–Trinajstić information content (AvgIpc) is 3.34. The second-order valence-electron chi connectivity index (χ2n) is 16.1. The van der Waals surface area contributed by atoms with Crippen LogP contribution in [0.4, 0.5) is 0 Å². The van der Waals surface area contributed by atoms with Crippen LogP contribution in [-0.2, 0) is 43.4 Å². The topological polar surface area (TPSA) is 229 Å². The zero-order valence-electron chi connectivity index (χ0n) is 29.0. The van der Waals surface area contributed by atoms with E-state index in [0.29, 0.717) is 25.7 Å². The van der Waals surface area contributed by atoms with Gasteiger partial charge in [-0.25, -0.2) is 16.8 Å². The van der Waals surface area contributed by atoms with Crippen LogP contribution in [0.3, 0.4) is 0 Å². The number of carbonyl (C=O) groups is 1. The number of hydrogen-bond acceptors (Lipinski definition) is 14. The van der Waals surface area contributed by atoms with Crippen molar-refractivity contribution in [3.63, 3.8) is 0 Å². The van der Waals surface area contributed by atoms with E-state index < -0.39 is 75.2 Å². The van der Waals surface area contributed by atoms with Gasteiger partial charge in [0.1, 0.15) is 24.4 Å². The Kier molecular flexibility index (Phi) is 11.2. The first-order valence-corrected chi connectivity index (χ1v) is 20.1. The van der Waals surface area contributed by atoms with Crippen LogP contribution in [-0.4, -0.2) is 96.1 Å². The smallest absolute Gasteiger partial charge is 0.218 e. The molecule has 0 aromatic heterocycles. The number of aliphatic hydroxyl groups is 3. The van der Waals surface area contributed by atoms with Gasteiger partial charge in [-0.3, -0.25) is 13.2 Å². The molecule has 15 atom stereocenters. The molecule has 1 aliphatic heterocycles. The molecule has 1 saturated heterocycles. The van der Waals surface area contributed by atoms with Crippen molar-refractivity contribution in [1.82, 2.24) is 0 Å². The van der Waals surface area contributed by atoms with Crippen molar-refractivity contribution in [2.24, 2.45) is 46.3 Å². The maximum Gasteiger partial charge on any atom is 0.218 e. The molecule has 49 heavy (non-hydrogen) atoms. The number of rotatable bonds is 11. The highest BCUT2D eigenvalue weighted by atomic mass is 32.3. The predicted molar refractivity (Wildman–Crippen MR) is 171 cm³/mol. The number of ether oxygens (including phenoxy) is 2. The van der Waals surface area contributed by atoms with Gasteiger partial charge in [-0.1, -0.05) is 46.3 Å². The van der Waals surface area contributed by atoms with Crippen molar-refractivity contribution in [2.45, 2.75) is 142 Å². The number of carbonyl (C=O) groups excluding carboxylic acids is 1. The Morgan fingerprint density at radius 3 is 2.27 bits per heavy atom. The van der Waals surface area contributed by atoms with Gasteiger partial charge < -0.3 is 33.9 Å².